The Bertz CT molecular complexity index is 976. The van der Waals surface area contributed by atoms with E-state index in [0.717, 1.165) is 25.7 Å². The zero-order valence-corrected chi connectivity index (χ0v) is 16.6. The average molecular weight is 415 g/mol. The summed E-state index contributed by atoms with van der Waals surface area (Å²) < 4.78 is 6.41. The van der Waals surface area contributed by atoms with Gasteiger partial charge in [0.15, 0.2) is 0 Å². The molecule has 2 aliphatic rings. The Morgan fingerprint density at radius 3 is 2.75 bits per heavy atom. The summed E-state index contributed by atoms with van der Waals surface area (Å²) in [6, 6.07) is 9.95. The van der Waals surface area contributed by atoms with Crippen LogP contribution in [0.5, 0.6) is 0 Å². The minimum Gasteiger partial charge on any atom is -0.457 e. The highest BCUT2D eigenvalue weighted by molar-refractivity contribution is 8.26. The quantitative estimate of drug-likeness (QED) is 0.289. The molecule has 0 radical (unpaired) electrons. The molecule has 1 saturated heterocycles. The molecule has 1 aliphatic heterocycles. The molecule has 6 nitrogen and oxygen atoms in total. The van der Waals surface area contributed by atoms with Crippen molar-refractivity contribution >= 4 is 46.0 Å². The van der Waals surface area contributed by atoms with Crippen LogP contribution in [0, 0.1) is 10.1 Å². The van der Waals surface area contributed by atoms with E-state index in [1.54, 1.807) is 35.2 Å². The Kier molecular flexibility index (Phi) is 5.32. The number of hydrogen-bond donors (Lipinski definition) is 0. The lowest BCUT2D eigenvalue weighted by atomic mass is 9.94. The fourth-order valence-corrected chi connectivity index (χ4v) is 5.00. The van der Waals surface area contributed by atoms with Crippen molar-refractivity contribution in [1.82, 2.24) is 4.90 Å². The van der Waals surface area contributed by atoms with E-state index in [9.17, 15) is 14.9 Å². The SMILES string of the molecule is O=C1C(=Cc2ccc(-c3cccc([N+](=O)[O-])c3)o2)SC(=S)N1C1CCCCC1. The van der Waals surface area contributed by atoms with E-state index in [1.807, 2.05) is 0 Å². The van der Waals surface area contributed by atoms with E-state index in [2.05, 4.69) is 0 Å². The number of amides is 1. The van der Waals surface area contributed by atoms with Gasteiger partial charge in [-0.15, -0.1) is 0 Å². The van der Waals surface area contributed by atoms with E-state index in [-0.39, 0.29) is 17.6 Å². The molecule has 1 amide bonds. The zero-order valence-electron chi connectivity index (χ0n) is 15.0. The highest BCUT2D eigenvalue weighted by Crippen LogP contribution is 2.38. The third-order valence-electron chi connectivity index (χ3n) is 5.01. The standard InChI is InChI=1S/C20H18N2O4S2/c23-19-18(28-20(27)21(19)14-6-2-1-3-7-14)12-16-9-10-17(26-16)13-5-4-8-15(11-13)22(24)25/h4-5,8-12,14H,1-3,6-7H2. The van der Waals surface area contributed by atoms with Crippen LogP contribution < -0.4 is 0 Å². The van der Waals surface area contributed by atoms with Crippen molar-refractivity contribution in [3.05, 3.63) is 57.2 Å². The van der Waals surface area contributed by atoms with Crippen LogP contribution in [0.4, 0.5) is 5.69 Å². The second-order valence-corrected chi connectivity index (χ2v) is 8.53. The van der Waals surface area contributed by atoms with Crippen molar-refractivity contribution in [3.8, 4) is 11.3 Å². The Labute approximate surface area is 171 Å². The number of hydrogen-bond acceptors (Lipinski definition) is 6. The lowest BCUT2D eigenvalue weighted by molar-refractivity contribution is -0.384. The molecule has 1 aromatic heterocycles. The van der Waals surface area contributed by atoms with Gasteiger partial charge in [-0.05, 0) is 25.0 Å². The van der Waals surface area contributed by atoms with Gasteiger partial charge in [-0.1, -0.05) is 55.4 Å². The molecule has 1 saturated carbocycles. The van der Waals surface area contributed by atoms with Gasteiger partial charge < -0.3 is 4.42 Å². The largest absolute Gasteiger partial charge is 0.457 e. The molecule has 2 heterocycles. The first-order chi connectivity index (χ1) is 13.5. The van der Waals surface area contributed by atoms with Crippen molar-refractivity contribution < 1.29 is 14.1 Å². The van der Waals surface area contributed by atoms with Crippen molar-refractivity contribution in [1.29, 1.82) is 0 Å². The monoisotopic (exact) mass is 414 g/mol. The molecule has 1 aromatic carbocycles. The van der Waals surface area contributed by atoms with Gasteiger partial charge >= 0.3 is 0 Å². The second-order valence-electron chi connectivity index (χ2n) is 6.85. The Morgan fingerprint density at radius 1 is 1.21 bits per heavy atom. The van der Waals surface area contributed by atoms with Crippen molar-refractivity contribution in [3.63, 3.8) is 0 Å². The number of furan rings is 1. The summed E-state index contributed by atoms with van der Waals surface area (Å²) in [7, 11) is 0. The number of carbonyl (C=O) groups is 1. The van der Waals surface area contributed by atoms with E-state index in [1.165, 1.54) is 30.3 Å². The average Bonchev–Trinajstić information content (AvgIpc) is 3.27. The molecule has 28 heavy (non-hydrogen) atoms. The number of nitrogens with zero attached hydrogens (tertiary/aromatic N) is 2. The molecule has 0 unspecified atom stereocenters. The molecule has 0 bridgehead atoms. The summed E-state index contributed by atoms with van der Waals surface area (Å²) in [5, 5.41) is 11.0. The lowest BCUT2D eigenvalue weighted by Gasteiger charge is -2.29. The fourth-order valence-electron chi connectivity index (χ4n) is 3.62. The smallest absolute Gasteiger partial charge is 0.270 e. The highest BCUT2D eigenvalue weighted by atomic mass is 32.2. The minimum absolute atomic E-state index is 0.00352. The number of non-ortho nitro benzene ring substituents is 1. The minimum atomic E-state index is -0.441. The van der Waals surface area contributed by atoms with Gasteiger partial charge in [0, 0.05) is 29.8 Å². The summed E-state index contributed by atoms with van der Waals surface area (Å²) in [6.07, 6.45) is 7.17. The maximum atomic E-state index is 12.8. The van der Waals surface area contributed by atoms with E-state index < -0.39 is 4.92 Å². The van der Waals surface area contributed by atoms with Crippen LogP contribution >= 0.6 is 24.0 Å². The zero-order chi connectivity index (χ0) is 19.7. The normalized spacial score (nSPS) is 19.6. The van der Waals surface area contributed by atoms with Gasteiger partial charge in [0.05, 0.1) is 9.83 Å². The number of benzene rings is 1. The Morgan fingerprint density at radius 2 is 2.00 bits per heavy atom. The predicted molar refractivity (Wildman–Crippen MR) is 113 cm³/mol. The predicted octanol–water partition coefficient (Wildman–Crippen LogP) is 5.39. The van der Waals surface area contributed by atoms with Gasteiger partial charge in [0.2, 0.25) is 0 Å². The van der Waals surface area contributed by atoms with Gasteiger partial charge in [-0.3, -0.25) is 19.8 Å². The molecular formula is C20H18N2O4S2. The van der Waals surface area contributed by atoms with Crippen LogP contribution in [0.1, 0.15) is 37.9 Å². The number of thiocarbonyl (C=S) groups is 1. The number of carbonyl (C=O) groups excluding carboxylic acids is 1. The van der Waals surface area contributed by atoms with Crippen LogP contribution in [-0.2, 0) is 4.79 Å². The first-order valence-corrected chi connectivity index (χ1v) is 10.4. The summed E-state index contributed by atoms with van der Waals surface area (Å²) in [5.74, 6) is 0.971. The van der Waals surface area contributed by atoms with Crippen LogP contribution in [0.15, 0.2) is 45.7 Å². The number of thioether (sulfide) groups is 1. The van der Waals surface area contributed by atoms with Crippen LogP contribution in [0.3, 0.4) is 0 Å². The summed E-state index contributed by atoms with van der Waals surface area (Å²) in [5.41, 5.74) is 0.618. The lowest BCUT2D eigenvalue weighted by Crippen LogP contribution is -2.39. The third-order valence-corrected chi connectivity index (χ3v) is 6.34. The van der Waals surface area contributed by atoms with Gasteiger partial charge in [0.1, 0.15) is 15.8 Å². The molecule has 4 rings (SSSR count). The molecular weight excluding hydrogens is 396 g/mol. The molecule has 144 valence electrons. The van der Waals surface area contributed by atoms with Crippen LogP contribution in [0.2, 0.25) is 0 Å². The Hall–Kier alpha value is -2.45. The number of nitro groups is 1. The van der Waals surface area contributed by atoms with Gasteiger partial charge in [-0.25, -0.2) is 0 Å². The molecule has 1 aliphatic carbocycles. The maximum absolute atomic E-state index is 12.8. The molecule has 2 aromatic rings. The summed E-state index contributed by atoms with van der Waals surface area (Å²) in [6.45, 7) is 0. The molecule has 8 heteroatoms. The number of rotatable bonds is 4. The van der Waals surface area contributed by atoms with Crippen LogP contribution in [0.25, 0.3) is 17.4 Å². The van der Waals surface area contributed by atoms with Crippen molar-refractivity contribution in [2.75, 3.05) is 0 Å². The van der Waals surface area contributed by atoms with E-state index in [4.69, 9.17) is 16.6 Å². The summed E-state index contributed by atoms with van der Waals surface area (Å²) in [4.78, 5) is 25.7. The molecule has 0 N–H and O–H groups in total. The Balaban J connectivity index is 1.55. The molecule has 0 spiro atoms. The van der Waals surface area contributed by atoms with E-state index in [0.29, 0.717) is 26.3 Å². The highest BCUT2D eigenvalue weighted by Gasteiger charge is 2.37. The number of nitro benzene ring substituents is 1. The maximum Gasteiger partial charge on any atom is 0.270 e. The van der Waals surface area contributed by atoms with Gasteiger partial charge in [0.25, 0.3) is 11.6 Å². The van der Waals surface area contributed by atoms with Crippen molar-refractivity contribution in [2.24, 2.45) is 0 Å². The fraction of sp³-hybridized carbons (Fsp3) is 0.300. The van der Waals surface area contributed by atoms with Crippen LogP contribution in [-0.4, -0.2) is 26.1 Å². The topological polar surface area (TPSA) is 76.6 Å². The third kappa shape index (κ3) is 3.74. The van der Waals surface area contributed by atoms with Gasteiger partial charge in [-0.2, -0.15) is 0 Å². The molecule has 0 atom stereocenters. The first kappa shape index (κ1) is 18.9. The first-order valence-electron chi connectivity index (χ1n) is 9.14. The summed E-state index contributed by atoms with van der Waals surface area (Å²) >= 11 is 6.75. The molecule has 2 fully saturated rings. The van der Waals surface area contributed by atoms with Crippen molar-refractivity contribution in [2.45, 2.75) is 38.1 Å². The second kappa shape index (κ2) is 7.89. The van der Waals surface area contributed by atoms with E-state index >= 15 is 0 Å².